The summed E-state index contributed by atoms with van der Waals surface area (Å²) in [5.74, 6) is 0.616. The van der Waals surface area contributed by atoms with Gasteiger partial charge in [-0.3, -0.25) is 0 Å². The lowest BCUT2D eigenvalue weighted by Crippen LogP contribution is -2.40. The van der Waals surface area contributed by atoms with Crippen molar-refractivity contribution in [2.75, 3.05) is 37.6 Å². The highest BCUT2D eigenvalue weighted by Crippen LogP contribution is 2.47. The van der Waals surface area contributed by atoms with E-state index in [1.165, 1.54) is 98.8 Å². The summed E-state index contributed by atoms with van der Waals surface area (Å²) in [6, 6.07) is 14.8. The van der Waals surface area contributed by atoms with E-state index in [0.717, 1.165) is 37.6 Å². The number of carboxylic acids is 1. The molecule has 1 N–H and O–H groups in total. The van der Waals surface area contributed by atoms with Gasteiger partial charge in [0.25, 0.3) is 0 Å². The molecule has 0 unspecified atom stereocenters. The van der Waals surface area contributed by atoms with E-state index in [0.29, 0.717) is 11.5 Å². The number of hydrogen-bond acceptors (Lipinski definition) is 3. The number of nitrogens with zero attached hydrogens (tertiary/aromatic N) is 3. The lowest BCUT2D eigenvalue weighted by atomic mass is 9.81. The van der Waals surface area contributed by atoms with Crippen LogP contribution in [0.1, 0.15) is 86.6 Å². The molecule has 1 aliphatic carbocycles. The average molecular weight is 514 g/mol. The number of carbonyl (C=O) groups is 1. The van der Waals surface area contributed by atoms with Gasteiger partial charge in [-0.1, -0.05) is 63.3 Å². The maximum Gasteiger partial charge on any atom is 0.335 e. The van der Waals surface area contributed by atoms with Crippen molar-refractivity contribution in [2.45, 2.75) is 77.2 Å². The predicted octanol–water partition coefficient (Wildman–Crippen LogP) is 7.39. The molecule has 2 aliphatic heterocycles. The molecule has 0 bridgehead atoms. The largest absolute Gasteiger partial charge is 0.478 e. The van der Waals surface area contributed by atoms with Crippen molar-refractivity contribution < 1.29 is 9.90 Å². The minimum absolute atomic E-state index is 0.383. The van der Waals surface area contributed by atoms with Gasteiger partial charge in [-0.05, 0) is 74.4 Å². The highest BCUT2D eigenvalue weighted by molar-refractivity contribution is 5.99. The minimum Gasteiger partial charge on any atom is -0.478 e. The van der Waals surface area contributed by atoms with Gasteiger partial charge in [0.2, 0.25) is 0 Å². The fourth-order valence-electron chi connectivity index (χ4n) is 7.53. The van der Waals surface area contributed by atoms with E-state index < -0.39 is 5.97 Å². The van der Waals surface area contributed by atoms with Gasteiger partial charge in [0.1, 0.15) is 0 Å². The number of fused-ring (bicyclic) bond motifs is 5. The number of anilines is 1. The standard InChI is InChI=1S/C33H43N3O2/c1-2-8-24-15-17-34(18-16-24)19-20-35-21-22-36-30-23-26(33(37)38)13-14-27(30)31(25-9-4-3-5-10-25)32(36)28-11-6-7-12-29(28)35/h6-7,11-14,23-25H,2-5,8-10,15-22H2,1H3,(H,37,38). The normalized spacial score (nSPS) is 19.3. The highest BCUT2D eigenvalue weighted by Gasteiger charge is 2.30. The molecular formula is C33H43N3O2. The van der Waals surface area contributed by atoms with Crippen LogP contribution in [-0.4, -0.2) is 53.3 Å². The number of aromatic carboxylic acids is 1. The van der Waals surface area contributed by atoms with Crippen LogP contribution >= 0.6 is 0 Å². The first kappa shape index (κ1) is 25.5. The van der Waals surface area contributed by atoms with Crippen LogP contribution in [-0.2, 0) is 6.54 Å². The van der Waals surface area contributed by atoms with E-state index in [-0.39, 0.29) is 0 Å². The van der Waals surface area contributed by atoms with Gasteiger partial charge in [-0.15, -0.1) is 0 Å². The molecule has 3 aliphatic rings. The summed E-state index contributed by atoms with van der Waals surface area (Å²) < 4.78 is 2.46. The first-order chi connectivity index (χ1) is 18.6. The highest BCUT2D eigenvalue weighted by atomic mass is 16.4. The first-order valence-corrected chi connectivity index (χ1v) is 15.1. The Bertz CT molecular complexity index is 1280. The van der Waals surface area contributed by atoms with Crippen molar-refractivity contribution in [2.24, 2.45) is 5.92 Å². The second kappa shape index (κ2) is 11.1. The van der Waals surface area contributed by atoms with Crippen LogP contribution in [0.4, 0.5) is 5.69 Å². The summed E-state index contributed by atoms with van der Waals surface area (Å²) in [7, 11) is 0. The molecule has 0 spiro atoms. The molecule has 5 heteroatoms. The Morgan fingerprint density at radius 2 is 1.71 bits per heavy atom. The molecule has 5 nitrogen and oxygen atoms in total. The van der Waals surface area contributed by atoms with Gasteiger partial charge >= 0.3 is 5.97 Å². The molecule has 38 heavy (non-hydrogen) atoms. The van der Waals surface area contributed by atoms with Gasteiger partial charge in [0, 0.05) is 48.3 Å². The molecule has 2 aromatic carbocycles. The van der Waals surface area contributed by atoms with Crippen molar-refractivity contribution >= 4 is 22.6 Å². The molecule has 2 fully saturated rings. The zero-order valence-electron chi connectivity index (χ0n) is 23.0. The third kappa shape index (κ3) is 4.86. The zero-order chi connectivity index (χ0) is 26.1. The Kier molecular flexibility index (Phi) is 7.47. The lowest BCUT2D eigenvalue weighted by Gasteiger charge is -2.34. The molecular weight excluding hydrogens is 470 g/mol. The number of aromatic nitrogens is 1. The summed E-state index contributed by atoms with van der Waals surface area (Å²) in [6.07, 6.45) is 11.7. The second-order valence-electron chi connectivity index (χ2n) is 11.9. The SMILES string of the molecule is CCCC1CCN(CCN2CCn3c(c(C4CCCCC4)c4ccc(C(=O)O)cc43)-c3ccccc32)CC1. The summed E-state index contributed by atoms with van der Waals surface area (Å²) in [4.78, 5) is 17.2. The smallest absolute Gasteiger partial charge is 0.335 e. The molecule has 1 saturated heterocycles. The zero-order valence-corrected chi connectivity index (χ0v) is 23.0. The van der Waals surface area contributed by atoms with E-state index in [4.69, 9.17) is 0 Å². The average Bonchev–Trinajstić information content (AvgIpc) is 3.18. The van der Waals surface area contributed by atoms with Crippen LogP contribution in [0.5, 0.6) is 0 Å². The van der Waals surface area contributed by atoms with E-state index in [1.807, 2.05) is 6.07 Å². The van der Waals surface area contributed by atoms with Gasteiger partial charge < -0.3 is 19.5 Å². The third-order valence-corrected chi connectivity index (χ3v) is 9.55. The number of rotatable bonds is 7. The summed E-state index contributed by atoms with van der Waals surface area (Å²) in [5.41, 5.74) is 6.94. The molecule has 0 amide bonds. The van der Waals surface area contributed by atoms with Crippen molar-refractivity contribution in [3.63, 3.8) is 0 Å². The number of hydrogen-bond donors (Lipinski definition) is 1. The number of para-hydroxylation sites is 1. The van der Waals surface area contributed by atoms with Crippen LogP contribution in [0.25, 0.3) is 22.2 Å². The van der Waals surface area contributed by atoms with Crippen LogP contribution < -0.4 is 4.90 Å². The number of likely N-dealkylation sites (tertiary alicyclic amines) is 1. The van der Waals surface area contributed by atoms with Crippen molar-refractivity contribution in [1.29, 1.82) is 0 Å². The van der Waals surface area contributed by atoms with Gasteiger partial charge in [0.05, 0.1) is 11.3 Å². The quantitative estimate of drug-likeness (QED) is 0.358. The Balaban J connectivity index is 1.35. The van der Waals surface area contributed by atoms with Crippen molar-refractivity contribution in [3.05, 3.63) is 53.6 Å². The monoisotopic (exact) mass is 513 g/mol. The van der Waals surface area contributed by atoms with Gasteiger partial charge in [-0.25, -0.2) is 4.79 Å². The number of benzene rings is 2. The lowest BCUT2D eigenvalue weighted by molar-refractivity contribution is 0.0697. The molecule has 3 heterocycles. The fraction of sp³-hybridized carbons (Fsp3) is 0.545. The van der Waals surface area contributed by atoms with Crippen molar-refractivity contribution in [3.8, 4) is 11.3 Å². The first-order valence-electron chi connectivity index (χ1n) is 15.1. The van der Waals surface area contributed by atoms with E-state index in [9.17, 15) is 9.90 Å². The van der Waals surface area contributed by atoms with Gasteiger partial charge in [0.15, 0.2) is 0 Å². The summed E-state index contributed by atoms with van der Waals surface area (Å²) in [6.45, 7) is 8.75. The van der Waals surface area contributed by atoms with Crippen molar-refractivity contribution in [1.82, 2.24) is 9.47 Å². The Morgan fingerprint density at radius 1 is 0.921 bits per heavy atom. The summed E-state index contributed by atoms with van der Waals surface area (Å²) in [5, 5.41) is 11.0. The Labute approximate surface area is 227 Å². The molecule has 1 saturated carbocycles. The van der Waals surface area contributed by atoms with Crippen LogP contribution in [0.2, 0.25) is 0 Å². The maximum atomic E-state index is 11.9. The fourth-order valence-corrected chi connectivity index (χ4v) is 7.53. The molecule has 1 aromatic heterocycles. The van der Waals surface area contributed by atoms with Crippen LogP contribution in [0.3, 0.4) is 0 Å². The third-order valence-electron chi connectivity index (χ3n) is 9.55. The maximum absolute atomic E-state index is 11.9. The van der Waals surface area contributed by atoms with Crippen LogP contribution in [0.15, 0.2) is 42.5 Å². The Hall–Kier alpha value is -2.79. The molecule has 0 radical (unpaired) electrons. The van der Waals surface area contributed by atoms with Crippen LogP contribution in [0, 0.1) is 5.92 Å². The molecule has 3 aromatic rings. The van der Waals surface area contributed by atoms with Gasteiger partial charge in [-0.2, -0.15) is 0 Å². The molecule has 6 rings (SSSR count). The molecule has 0 atom stereocenters. The Morgan fingerprint density at radius 3 is 2.47 bits per heavy atom. The van der Waals surface area contributed by atoms with E-state index in [1.54, 1.807) is 6.07 Å². The number of piperidine rings is 1. The second-order valence-corrected chi connectivity index (χ2v) is 11.9. The predicted molar refractivity (Wildman–Crippen MR) is 156 cm³/mol. The van der Waals surface area contributed by atoms with E-state index in [2.05, 4.69) is 51.6 Å². The minimum atomic E-state index is -0.847. The summed E-state index contributed by atoms with van der Waals surface area (Å²) >= 11 is 0. The number of carboxylic acid groups (broad SMARTS) is 1. The van der Waals surface area contributed by atoms with E-state index >= 15 is 0 Å². The topological polar surface area (TPSA) is 48.7 Å². The molecule has 202 valence electrons.